The van der Waals surface area contributed by atoms with Crippen molar-refractivity contribution in [2.75, 3.05) is 6.54 Å². The lowest BCUT2D eigenvalue weighted by molar-refractivity contribution is 0.508. The number of fused-ring (bicyclic) bond motifs is 1. The van der Waals surface area contributed by atoms with E-state index < -0.39 is 0 Å². The van der Waals surface area contributed by atoms with Gasteiger partial charge in [0.1, 0.15) is 0 Å². The van der Waals surface area contributed by atoms with Crippen LogP contribution in [0.2, 0.25) is 0 Å². The van der Waals surface area contributed by atoms with Crippen molar-refractivity contribution in [2.24, 2.45) is 0 Å². The van der Waals surface area contributed by atoms with Gasteiger partial charge in [0.25, 0.3) is 0 Å². The molecule has 0 aliphatic heterocycles. The molecule has 1 heterocycles. The highest BCUT2D eigenvalue weighted by atomic mass is 32.1. The average Bonchev–Trinajstić information content (AvgIpc) is 2.92. The topological polar surface area (TPSA) is 12.0 Å². The van der Waals surface area contributed by atoms with Crippen LogP contribution in [0, 0.1) is 0 Å². The molecule has 0 radical (unpaired) electrons. The van der Waals surface area contributed by atoms with Crippen LogP contribution in [0.25, 0.3) is 0 Å². The Bertz CT molecular complexity index is 490. The smallest absolute Gasteiger partial charge is 0.0299 e. The molecule has 0 saturated heterocycles. The molecule has 0 saturated carbocycles. The summed E-state index contributed by atoms with van der Waals surface area (Å²) in [5.74, 6) is 0.704. The molecule has 0 spiro atoms. The third kappa shape index (κ3) is 2.65. The monoisotopic (exact) mass is 257 g/mol. The zero-order valence-electron chi connectivity index (χ0n) is 10.6. The predicted molar refractivity (Wildman–Crippen MR) is 78.1 cm³/mol. The Morgan fingerprint density at radius 2 is 2.11 bits per heavy atom. The highest BCUT2D eigenvalue weighted by Gasteiger charge is 2.18. The van der Waals surface area contributed by atoms with Gasteiger partial charge in [-0.15, -0.1) is 11.3 Å². The van der Waals surface area contributed by atoms with Gasteiger partial charge in [-0.1, -0.05) is 30.3 Å². The van der Waals surface area contributed by atoms with Gasteiger partial charge in [-0.05, 0) is 47.8 Å². The largest absolute Gasteiger partial charge is 0.311 e. The van der Waals surface area contributed by atoms with E-state index in [1.165, 1.54) is 24.1 Å². The van der Waals surface area contributed by atoms with Gasteiger partial charge >= 0.3 is 0 Å². The highest BCUT2D eigenvalue weighted by molar-refractivity contribution is 7.09. The molecule has 0 fully saturated rings. The van der Waals surface area contributed by atoms with E-state index in [-0.39, 0.29) is 0 Å². The van der Waals surface area contributed by atoms with Gasteiger partial charge in [-0.2, -0.15) is 0 Å². The van der Waals surface area contributed by atoms with Crippen molar-refractivity contribution in [3.05, 3.63) is 57.8 Å². The fraction of sp³-hybridized carbons (Fsp3) is 0.375. The van der Waals surface area contributed by atoms with E-state index in [1.54, 1.807) is 11.1 Å². The summed E-state index contributed by atoms with van der Waals surface area (Å²) < 4.78 is 0. The minimum Gasteiger partial charge on any atom is -0.311 e. The molecule has 1 atom stereocenters. The molecular formula is C16H19NS. The molecule has 1 N–H and O–H groups in total. The summed E-state index contributed by atoms with van der Waals surface area (Å²) in [7, 11) is 0. The van der Waals surface area contributed by atoms with E-state index in [0.29, 0.717) is 5.92 Å². The first-order valence-electron chi connectivity index (χ1n) is 6.74. The lowest BCUT2D eigenvalue weighted by Gasteiger charge is -2.25. The Morgan fingerprint density at radius 1 is 1.17 bits per heavy atom. The van der Waals surface area contributed by atoms with Crippen LogP contribution in [-0.2, 0) is 13.0 Å². The van der Waals surface area contributed by atoms with Gasteiger partial charge in [0.2, 0.25) is 0 Å². The molecule has 1 aliphatic rings. The van der Waals surface area contributed by atoms with Crippen molar-refractivity contribution in [3.63, 3.8) is 0 Å². The fourth-order valence-electron chi connectivity index (χ4n) is 2.85. The van der Waals surface area contributed by atoms with E-state index in [0.717, 1.165) is 13.1 Å². The molecule has 2 heteroatoms. The molecule has 1 unspecified atom stereocenters. The van der Waals surface area contributed by atoms with Crippen LogP contribution >= 0.6 is 11.3 Å². The Labute approximate surface area is 113 Å². The number of hydrogen-bond acceptors (Lipinski definition) is 2. The van der Waals surface area contributed by atoms with Crippen LogP contribution in [0.3, 0.4) is 0 Å². The van der Waals surface area contributed by atoms with Gasteiger partial charge in [-0.25, -0.2) is 0 Å². The number of rotatable bonds is 4. The molecule has 3 rings (SSSR count). The summed E-state index contributed by atoms with van der Waals surface area (Å²) in [5, 5.41) is 5.75. The number of nitrogens with one attached hydrogen (secondary N) is 1. The normalized spacial score (nSPS) is 18.6. The Kier molecular flexibility index (Phi) is 3.77. The maximum atomic E-state index is 3.61. The maximum Gasteiger partial charge on any atom is 0.0299 e. The average molecular weight is 257 g/mol. The lowest BCUT2D eigenvalue weighted by atomic mass is 9.83. The first kappa shape index (κ1) is 11.9. The SMILES string of the molecule is c1csc(CNCC2CCCc3ccccc32)c1. The van der Waals surface area contributed by atoms with Gasteiger partial charge in [0, 0.05) is 18.0 Å². The van der Waals surface area contributed by atoms with E-state index in [2.05, 4.69) is 47.1 Å². The van der Waals surface area contributed by atoms with Gasteiger partial charge in [-0.3, -0.25) is 0 Å². The second-order valence-corrected chi connectivity index (χ2v) is 6.03. The van der Waals surface area contributed by atoms with E-state index in [9.17, 15) is 0 Å². The summed E-state index contributed by atoms with van der Waals surface area (Å²) in [6, 6.07) is 13.3. The van der Waals surface area contributed by atoms with Crippen LogP contribution in [0.5, 0.6) is 0 Å². The molecule has 0 amide bonds. The molecular weight excluding hydrogens is 238 g/mol. The van der Waals surface area contributed by atoms with Crippen LogP contribution < -0.4 is 5.32 Å². The second-order valence-electron chi connectivity index (χ2n) is 5.00. The van der Waals surface area contributed by atoms with Crippen molar-refractivity contribution >= 4 is 11.3 Å². The van der Waals surface area contributed by atoms with E-state index in [1.807, 2.05) is 11.3 Å². The quantitative estimate of drug-likeness (QED) is 0.874. The van der Waals surface area contributed by atoms with Crippen molar-refractivity contribution in [3.8, 4) is 0 Å². The van der Waals surface area contributed by atoms with Gasteiger partial charge < -0.3 is 5.32 Å². The van der Waals surface area contributed by atoms with Crippen LogP contribution in [0.15, 0.2) is 41.8 Å². The third-order valence-electron chi connectivity index (χ3n) is 3.76. The number of hydrogen-bond donors (Lipinski definition) is 1. The molecule has 0 bridgehead atoms. The third-order valence-corrected chi connectivity index (χ3v) is 4.64. The van der Waals surface area contributed by atoms with Gasteiger partial charge in [0.05, 0.1) is 0 Å². The summed E-state index contributed by atoms with van der Waals surface area (Å²) in [4.78, 5) is 1.43. The first-order valence-corrected chi connectivity index (χ1v) is 7.62. The first-order chi connectivity index (χ1) is 8.93. The Hall–Kier alpha value is -1.12. The van der Waals surface area contributed by atoms with Crippen molar-refractivity contribution in [2.45, 2.75) is 31.7 Å². The summed E-state index contributed by atoms with van der Waals surface area (Å²) in [6.45, 7) is 2.12. The molecule has 1 aromatic heterocycles. The zero-order chi connectivity index (χ0) is 12.2. The zero-order valence-corrected chi connectivity index (χ0v) is 11.4. The molecule has 1 aromatic carbocycles. The summed E-state index contributed by atoms with van der Waals surface area (Å²) >= 11 is 1.83. The van der Waals surface area contributed by atoms with Crippen molar-refractivity contribution in [1.29, 1.82) is 0 Å². The standard InChI is InChI=1S/C16H19NS/c1-2-9-16-13(5-1)6-3-7-14(16)11-17-12-15-8-4-10-18-15/h1-2,4-5,8-10,14,17H,3,6-7,11-12H2. The van der Waals surface area contributed by atoms with E-state index in [4.69, 9.17) is 0 Å². The molecule has 2 aromatic rings. The maximum absolute atomic E-state index is 3.61. The minimum absolute atomic E-state index is 0.704. The lowest BCUT2D eigenvalue weighted by Crippen LogP contribution is -2.23. The Morgan fingerprint density at radius 3 is 3.00 bits per heavy atom. The second kappa shape index (κ2) is 5.68. The minimum atomic E-state index is 0.704. The number of aryl methyl sites for hydroxylation is 1. The molecule has 1 nitrogen and oxygen atoms in total. The predicted octanol–water partition coefficient (Wildman–Crippen LogP) is 3.96. The highest BCUT2D eigenvalue weighted by Crippen LogP contribution is 2.30. The number of benzene rings is 1. The van der Waals surface area contributed by atoms with Crippen LogP contribution in [0.1, 0.15) is 34.8 Å². The van der Waals surface area contributed by atoms with E-state index >= 15 is 0 Å². The molecule has 1 aliphatic carbocycles. The van der Waals surface area contributed by atoms with Crippen molar-refractivity contribution < 1.29 is 0 Å². The molecule has 18 heavy (non-hydrogen) atoms. The van der Waals surface area contributed by atoms with Gasteiger partial charge in [0.15, 0.2) is 0 Å². The fourth-order valence-corrected chi connectivity index (χ4v) is 3.52. The summed E-state index contributed by atoms with van der Waals surface area (Å²) in [5.41, 5.74) is 3.13. The number of thiophene rings is 1. The van der Waals surface area contributed by atoms with Crippen LogP contribution in [-0.4, -0.2) is 6.54 Å². The molecule has 94 valence electrons. The van der Waals surface area contributed by atoms with Crippen LogP contribution in [0.4, 0.5) is 0 Å². The summed E-state index contributed by atoms with van der Waals surface area (Å²) in [6.07, 6.45) is 3.93. The Balaban J connectivity index is 1.60. The van der Waals surface area contributed by atoms with Crippen molar-refractivity contribution in [1.82, 2.24) is 5.32 Å².